The van der Waals surface area contributed by atoms with E-state index in [9.17, 15) is 4.79 Å². The summed E-state index contributed by atoms with van der Waals surface area (Å²) in [6.45, 7) is 3.95. The van der Waals surface area contributed by atoms with Gasteiger partial charge in [0, 0.05) is 16.6 Å². The van der Waals surface area contributed by atoms with Crippen LogP contribution in [0.15, 0.2) is 40.9 Å². The molecule has 0 aliphatic carbocycles. The molecule has 0 radical (unpaired) electrons. The highest BCUT2D eigenvalue weighted by molar-refractivity contribution is 9.10. The number of aryl methyl sites for hydroxylation is 1. The number of amides is 1. The van der Waals surface area contributed by atoms with Crippen LogP contribution in [0.1, 0.15) is 25.8 Å². The van der Waals surface area contributed by atoms with Gasteiger partial charge in [0.05, 0.1) is 20.3 Å². The van der Waals surface area contributed by atoms with Crippen molar-refractivity contribution in [3.8, 4) is 17.2 Å². The van der Waals surface area contributed by atoms with Crippen molar-refractivity contribution in [2.45, 2.75) is 32.8 Å². The van der Waals surface area contributed by atoms with Crippen molar-refractivity contribution in [2.75, 3.05) is 19.5 Å². The zero-order valence-electron chi connectivity index (χ0n) is 15.5. The first-order valence-corrected chi connectivity index (χ1v) is 9.19. The Labute approximate surface area is 162 Å². The molecule has 1 amide bonds. The van der Waals surface area contributed by atoms with Crippen molar-refractivity contribution in [1.29, 1.82) is 0 Å². The number of halogens is 1. The fourth-order valence-corrected chi connectivity index (χ4v) is 2.97. The molecule has 26 heavy (non-hydrogen) atoms. The quantitative estimate of drug-likeness (QED) is 0.663. The monoisotopic (exact) mass is 421 g/mol. The third-order valence-electron chi connectivity index (χ3n) is 3.68. The van der Waals surface area contributed by atoms with Gasteiger partial charge in [-0.25, -0.2) is 0 Å². The first kappa shape index (κ1) is 20.1. The predicted molar refractivity (Wildman–Crippen MR) is 106 cm³/mol. The largest absolute Gasteiger partial charge is 0.493 e. The molecule has 0 atom stereocenters. The molecule has 2 aromatic carbocycles. The summed E-state index contributed by atoms with van der Waals surface area (Å²) < 4.78 is 17.1. The van der Waals surface area contributed by atoms with Crippen LogP contribution in [-0.4, -0.2) is 26.2 Å². The van der Waals surface area contributed by atoms with E-state index < -0.39 is 0 Å². The molecule has 5 nitrogen and oxygen atoms in total. The third kappa shape index (κ3) is 5.66. The van der Waals surface area contributed by atoms with Crippen molar-refractivity contribution in [3.63, 3.8) is 0 Å². The summed E-state index contributed by atoms with van der Waals surface area (Å²) in [4.78, 5) is 12.2. The van der Waals surface area contributed by atoms with Gasteiger partial charge in [-0.1, -0.05) is 15.9 Å². The van der Waals surface area contributed by atoms with E-state index in [-0.39, 0.29) is 12.0 Å². The molecule has 0 heterocycles. The molecule has 6 heteroatoms. The van der Waals surface area contributed by atoms with E-state index in [1.807, 2.05) is 50.2 Å². The van der Waals surface area contributed by atoms with E-state index in [4.69, 9.17) is 14.2 Å². The van der Waals surface area contributed by atoms with Crippen LogP contribution >= 0.6 is 15.9 Å². The number of carbonyl (C=O) groups is 1. The first-order valence-electron chi connectivity index (χ1n) is 8.40. The summed E-state index contributed by atoms with van der Waals surface area (Å²) >= 11 is 3.51. The molecule has 2 aromatic rings. The first-order chi connectivity index (χ1) is 12.4. The van der Waals surface area contributed by atoms with Crippen molar-refractivity contribution in [1.82, 2.24) is 0 Å². The lowest BCUT2D eigenvalue weighted by Crippen LogP contribution is -2.12. The van der Waals surface area contributed by atoms with Crippen LogP contribution in [0.2, 0.25) is 0 Å². The Morgan fingerprint density at radius 3 is 2.27 bits per heavy atom. The lowest BCUT2D eigenvalue weighted by atomic mass is 10.1. The summed E-state index contributed by atoms with van der Waals surface area (Å²) in [5.74, 6) is 2.03. The minimum atomic E-state index is -0.0517. The van der Waals surface area contributed by atoms with Gasteiger partial charge in [0.15, 0.2) is 11.5 Å². The van der Waals surface area contributed by atoms with Gasteiger partial charge in [0.25, 0.3) is 0 Å². The van der Waals surface area contributed by atoms with Gasteiger partial charge in [0.1, 0.15) is 5.75 Å². The molecule has 2 rings (SSSR count). The molecule has 0 unspecified atom stereocenters. The van der Waals surface area contributed by atoms with Gasteiger partial charge >= 0.3 is 0 Å². The van der Waals surface area contributed by atoms with Crippen LogP contribution in [0.5, 0.6) is 17.2 Å². The lowest BCUT2D eigenvalue weighted by Gasteiger charge is -2.12. The number of ether oxygens (including phenoxy) is 3. The molecule has 0 aromatic heterocycles. The highest BCUT2D eigenvalue weighted by Gasteiger charge is 2.11. The van der Waals surface area contributed by atoms with Crippen LogP contribution in [0.25, 0.3) is 0 Å². The molecule has 0 fully saturated rings. The maximum absolute atomic E-state index is 12.2. The highest BCUT2D eigenvalue weighted by atomic mass is 79.9. The topological polar surface area (TPSA) is 56.8 Å². The molecule has 140 valence electrons. The Balaban J connectivity index is 1.94. The Kier molecular flexibility index (Phi) is 7.33. The fourth-order valence-electron chi connectivity index (χ4n) is 2.45. The van der Waals surface area contributed by atoms with Crippen molar-refractivity contribution in [2.24, 2.45) is 0 Å². The molecular weight excluding hydrogens is 398 g/mol. The molecule has 1 N–H and O–H groups in total. The molecule has 0 aliphatic rings. The molecule has 0 saturated heterocycles. The zero-order chi connectivity index (χ0) is 19.1. The molecule has 0 saturated carbocycles. The smallest absolute Gasteiger partial charge is 0.224 e. The molecule has 0 bridgehead atoms. The lowest BCUT2D eigenvalue weighted by molar-refractivity contribution is -0.116. The van der Waals surface area contributed by atoms with E-state index in [0.717, 1.165) is 21.5 Å². The van der Waals surface area contributed by atoms with Crippen LogP contribution < -0.4 is 19.5 Å². The van der Waals surface area contributed by atoms with Gasteiger partial charge in [-0.2, -0.15) is 0 Å². The summed E-state index contributed by atoms with van der Waals surface area (Å²) in [5.41, 5.74) is 1.73. The van der Waals surface area contributed by atoms with E-state index >= 15 is 0 Å². The number of methoxy groups -OCH3 is 2. The van der Waals surface area contributed by atoms with E-state index in [1.165, 1.54) is 0 Å². The Hall–Kier alpha value is -2.21. The highest BCUT2D eigenvalue weighted by Crippen LogP contribution is 2.33. The van der Waals surface area contributed by atoms with Gasteiger partial charge < -0.3 is 19.5 Å². The van der Waals surface area contributed by atoms with Gasteiger partial charge in [-0.05, 0) is 62.2 Å². The molecule has 0 spiro atoms. The zero-order valence-corrected chi connectivity index (χ0v) is 17.1. The second kappa shape index (κ2) is 9.48. The average Bonchev–Trinajstić information content (AvgIpc) is 2.61. The van der Waals surface area contributed by atoms with Gasteiger partial charge in [-0.3, -0.25) is 4.79 Å². The van der Waals surface area contributed by atoms with Crippen LogP contribution in [0.4, 0.5) is 5.69 Å². The maximum atomic E-state index is 12.2. The summed E-state index contributed by atoms with van der Waals surface area (Å²) in [7, 11) is 3.18. The standard InChI is InChI=1S/C20H24BrNO4/c1-13(2)26-16-8-6-15(7-9-16)22-20(23)10-5-14-11-18(24-3)19(25-4)12-17(14)21/h6-9,11-13H,5,10H2,1-4H3,(H,22,23). The normalized spacial score (nSPS) is 10.5. The number of benzene rings is 2. The number of rotatable bonds is 8. The third-order valence-corrected chi connectivity index (χ3v) is 4.42. The van der Waals surface area contributed by atoms with Crippen LogP contribution in [0.3, 0.4) is 0 Å². The van der Waals surface area contributed by atoms with Crippen molar-refractivity contribution < 1.29 is 19.0 Å². The Morgan fingerprint density at radius 2 is 1.69 bits per heavy atom. The Bertz CT molecular complexity index is 744. The van der Waals surface area contributed by atoms with E-state index in [0.29, 0.717) is 24.3 Å². The summed E-state index contributed by atoms with van der Waals surface area (Å²) in [6.07, 6.45) is 1.06. The minimum absolute atomic E-state index is 0.0517. The fraction of sp³-hybridized carbons (Fsp3) is 0.350. The summed E-state index contributed by atoms with van der Waals surface area (Å²) in [5, 5.41) is 2.90. The van der Waals surface area contributed by atoms with Crippen molar-refractivity contribution in [3.05, 3.63) is 46.4 Å². The average molecular weight is 422 g/mol. The Morgan fingerprint density at radius 1 is 1.08 bits per heavy atom. The SMILES string of the molecule is COc1cc(Br)c(CCC(=O)Nc2ccc(OC(C)C)cc2)cc1OC. The van der Waals surface area contributed by atoms with Crippen molar-refractivity contribution >= 4 is 27.5 Å². The van der Waals surface area contributed by atoms with Crippen LogP contribution in [-0.2, 0) is 11.2 Å². The number of hydrogen-bond donors (Lipinski definition) is 1. The molecule has 0 aliphatic heterocycles. The number of carbonyl (C=O) groups excluding carboxylic acids is 1. The van der Waals surface area contributed by atoms with Crippen LogP contribution in [0, 0.1) is 0 Å². The van der Waals surface area contributed by atoms with Gasteiger partial charge in [0.2, 0.25) is 5.91 Å². The second-order valence-corrected chi connectivity index (χ2v) is 6.89. The predicted octanol–water partition coefficient (Wildman–Crippen LogP) is 4.82. The molecular formula is C20H24BrNO4. The van der Waals surface area contributed by atoms with E-state index in [2.05, 4.69) is 21.2 Å². The number of anilines is 1. The summed E-state index contributed by atoms with van der Waals surface area (Å²) in [6, 6.07) is 11.1. The number of hydrogen-bond acceptors (Lipinski definition) is 4. The maximum Gasteiger partial charge on any atom is 0.224 e. The van der Waals surface area contributed by atoms with E-state index in [1.54, 1.807) is 14.2 Å². The number of nitrogens with one attached hydrogen (secondary N) is 1. The minimum Gasteiger partial charge on any atom is -0.493 e. The van der Waals surface area contributed by atoms with Gasteiger partial charge in [-0.15, -0.1) is 0 Å². The second-order valence-electron chi connectivity index (χ2n) is 6.04.